The van der Waals surface area contributed by atoms with Gasteiger partial charge in [0, 0.05) is 23.0 Å². The van der Waals surface area contributed by atoms with Crippen LogP contribution in [-0.2, 0) is 0 Å². The Kier molecular flexibility index (Phi) is 5.54. The van der Waals surface area contributed by atoms with E-state index in [9.17, 15) is 18.0 Å². The van der Waals surface area contributed by atoms with Crippen molar-refractivity contribution >= 4 is 45.8 Å². The molecule has 0 aliphatic rings. The number of urea groups is 1. The van der Waals surface area contributed by atoms with Crippen LogP contribution >= 0.6 is 11.6 Å². The molecule has 2 amide bonds. The Morgan fingerprint density at radius 2 is 1.72 bits per heavy atom. The lowest BCUT2D eigenvalue weighted by Gasteiger charge is -2.12. The van der Waals surface area contributed by atoms with E-state index in [1.54, 1.807) is 24.3 Å². The minimum absolute atomic E-state index is 0.113. The van der Waals surface area contributed by atoms with Gasteiger partial charge in [0.15, 0.2) is 11.4 Å². The summed E-state index contributed by atoms with van der Waals surface area (Å²) in [7, 11) is 0. The van der Waals surface area contributed by atoms with Gasteiger partial charge in [-0.25, -0.2) is 4.79 Å². The largest absolute Gasteiger partial charge is 0.573 e. The normalized spacial score (nSPS) is 11.4. The van der Waals surface area contributed by atoms with Gasteiger partial charge < -0.3 is 25.6 Å². The van der Waals surface area contributed by atoms with Crippen molar-refractivity contribution in [3.63, 3.8) is 0 Å². The molecule has 0 atom stereocenters. The fourth-order valence-electron chi connectivity index (χ4n) is 3.12. The molecule has 32 heavy (non-hydrogen) atoms. The van der Waals surface area contributed by atoms with Crippen LogP contribution in [0.3, 0.4) is 0 Å². The van der Waals surface area contributed by atoms with E-state index in [1.165, 1.54) is 18.2 Å². The number of carbonyl (C=O) groups excluding carboxylic acids is 1. The molecule has 0 fully saturated rings. The molecule has 3 aromatic carbocycles. The molecule has 4 aromatic rings. The predicted molar refractivity (Wildman–Crippen MR) is 115 cm³/mol. The third-order valence-electron chi connectivity index (χ3n) is 4.37. The Balaban J connectivity index is 1.50. The fraction of sp³-hybridized carbons (Fsp3) is 0.0476. The van der Waals surface area contributed by atoms with E-state index in [-0.39, 0.29) is 11.5 Å². The topological polar surface area (TPSA) is 102 Å². The zero-order valence-electron chi connectivity index (χ0n) is 16.0. The molecule has 4 rings (SSSR count). The molecular weight excluding hydrogens is 449 g/mol. The molecule has 0 unspecified atom stereocenters. The number of halogens is 4. The van der Waals surface area contributed by atoms with Gasteiger partial charge in [-0.15, -0.1) is 13.2 Å². The summed E-state index contributed by atoms with van der Waals surface area (Å²) in [5.74, 6) is -0.227. The predicted octanol–water partition coefficient (Wildman–Crippen LogP) is 6.27. The summed E-state index contributed by atoms with van der Waals surface area (Å²) < 4.78 is 46.1. The summed E-state index contributed by atoms with van der Waals surface area (Å²) in [5, 5.41) is 9.71. The van der Waals surface area contributed by atoms with Gasteiger partial charge >= 0.3 is 12.4 Å². The minimum Gasteiger partial charge on any atom is -0.406 e. The first-order valence-electron chi connectivity index (χ1n) is 9.07. The number of amides is 2. The van der Waals surface area contributed by atoms with Crippen LogP contribution in [0.25, 0.3) is 22.1 Å². The van der Waals surface area contributed by atoms with Crippen LogP contribution in [-0.4, -0.2) is 17.6 Å². The average molecular weight is 463 g/mol. The van der Waals surface area contributed by atoms with Gasteiger partial charge in [0.05, 0.1) is 10.4 Å². The molecule has 11 heteroatoms. The number of fused-ring (bicyclic) bond motifs is 1. The smallest absolute Gasteiger partial charge is 0.406 e. The molecule has 0 spiro atoms. The van der Waals surface area contributed by atoms with Crippen molar-refractivity contribution in [1.29, 1.82) is 0 Å². The number of ether oxygens (including phenoxy) is 1. The van der Waals surface area contributed by atoms with Crippen molar-refractivity contribution in [2.45, 2.75) is 6.36 Å². The highest BCUT2D eigenvalue weighted by Crippen LogP contribution is 2.37. The van der Waals surface area contributed by atoms with E-state index in [4.69, 9.17) is 21.9 Å². The second-order valence-electron chi connectivity index (χ2n) is 6.60. The molecule has 4 N–H and O–H groups in total. The summed E-state index contributed by atoms with van der Waals surface area (Å²) in [6, 6.07) is 14.4. The van der Waals surface area contributed by atoms with Gasteiger partial charge in [-0.1, -0.05) is 41.0 Å². The summed E-state index contributed by atoms with van der Waals surface area (Å²) in [4.78, 5) is 12.3. The molecule has 0 saturated carbocycles. The van der Waals surface area contributed by atoms with Crippen LogP contribution in [0.1, 0.15) is 0 Å². The fourth-order valence-corrected chi connectivity index (χ4v) is 3.40. The molecule has 164 valence electrons. The molecule has 7 nitrogen and oxygen atoms in total. The van der Waals surface area contributed by atoms with Gasteiger partial charge in [-0.2, -0.15) is 0 Å². The van der Waals surface area contributed by atoms with Crippen molar-refractivity contribution in [3.05, 3.63) is 65.7 Å². The number of nitrogens with one attached hydrogen (secondary N) is 2. The SMILES string of the molecule is Nc1noc2cccc(-c3ccc(NC(=O)Nc4cccc(OC(F)(F)F)c4)cc3Cl)c12. The Bertz CT molecular complexity index is 1310. The Hall–Kier alpha value is -3.92. The van der Waals surface area contributed by atoms with Crippen molar-refractivity contribution < 1.29 is 27.2 Å². The van der Waals surface area contributed by atoms with E-state index < -0.39 is 18.1 Å². The molecule has 0 bridgehead atoms. The summed E-state index contributed by atoms with van der Waals surface area (Å²) in [5.41, 5.74) is 8.24. The number of anilines is 3. The molecular formula is C21H14ClF3N4O3. The van der Waals surface area contributed by atoms with Crippen molar-refractivity contribution in [3.8, 4) is 16.9 Å². The highest BCUT2D eigenvalue weighted by molar-refractivity contribution is 6.34. The van der Waals surface area contributed by atoms with Crippen LogP contribution in [0.15, 0.2) is 65.2 Å². The first-order chi connectivity index (χ1) is 15.2. The van der Waals surface area contributed by atoms with Crippen LogP contribution in [0.4, 0.5) is 35.2 Å². The molecule has 1 heterocycles. The highest BCUT2D eigenvalue weighted by atomic mass is 35.5. The lowest BCUT2D eigenvalue weighted by Crippen LogP contribution is -2.20. The summed E-state index contributed by atoms with van der Waals surface area (Å²) >= 11 is 6.42. The molecule has 0 aliphatic heterocycles. The van der Waals surface area contributed by atoms with Crippen molar-refractivity contribution in [2.24, 2.45) is 0 Å². The summed E-state index contributed by atoms with van der Waals surface area (Å²) in [6.07, 6.45) is -4.83. The van der Waals surface area contributed by atoms with Crippen LogP contribution in [0.2, 0.25) is 5.02 Å². The number of nitrogens with zero attached hydrogens (tertiary/aromatic N) is 1. The lowest BCUT2D eigenvalue weighted by atomic mass is 10.0. The Morgan fingerprint density at radius 1 is 1.00 bits per heavy atom. The maximum absolute atomic E-state index is 12.4. The third-order valence-corrected chi connectivity index (χ3v) is 4.68. The maximum Gasteiger partial charge on any atom is 0.573 e. The van der Waals surface area contributed by atoms with Crippen molar-refractivity contribution in [2.75, 3.05) is 16.4 Å². The third kappa shape index (κ3) is 4.70. The molecule has 1 aromatic heterocycles. The van der Waals surface area contributed by atoms with Crippen molar-refractivity contribution in [1.82, 2.24) is 5.16 Å². The number of alkyl halides is 3. The standard InChI is InChI=1S/C21H14ClF3N4O3/c22-16-10-12(7-8-14(16)15-5-2-6-17-18(15)19(26)29-32-17)28-20(30)27-11-3-1-4-13(9-11)31-21(23,24)25/h1-10H,(H2,26,29)(H2,27,28,30). The van der Waals surface area contributed by atoms with E-state index in [2.05, 4.69) is 20.5 Å². The van der Waals surface area contributed by atoms with Crippen LogP contribution in [0, 0.1) is 0 Å². The van der Waals surface area contributed by atoms with Gasteiger partial charge in [0.2, 0.25) is 0 Å². The maximum atomic E-state index is 12.4. The number of aromatic nitrogens is 1. The molecule has 0 radical (unpaired) electrons. The van der Waals surface area contributed by atoms with E-state index in [0.717, 1.165) is 12.1 Å². The second kappa shape index (κ2) is 8.31. The monoisotopic (exact) mass is 462 g/mol. The Labute approximate surface area is 183 Å². The molecule has 0 saturated heterocycles. The van der Waals surface area contributed by atoms with E-state index in [0.29, 0.717) is 32.8 Å². The zero-order valence-corrected chi connectivity index (χ0v) is 16.8. The zero-order chi connectivity index (χ0) is 22.9. The number of nitrogens with two attached hydrogens (primary N) is 1. The summed E-state index contributed by atoms with van der Waals surface area (Å²) in [6.45, 7) is 0. The number of carbonyl (C=O) groups is 1. The van der Waals surface area contributed by atoms with Crippen LogP contribution in [0.5, 0.6) is 5.75 Å². The van der Waals surface area contributed by atoms with Crippen LogP contribution < -0.4 is 21.1 Å². The molecule has 0 aliphatic carbocycles. The van der Waals surface area contributed by atoms with Gasteiger partial charge in [0.1, 0.15) is 5.75 Å². The van der Waals surface area contributed by atoms with Gasteiger partial charge in [0.25, 0.3) is 0 Å². The van der Waals surface area contributed by atoms with Gasteiger partial charge in [-0.05, 0) is 35.9 Å². The highest BCUT2D eigenvalue weighted by Gasteiger charge is 2.31. The first kappa shape index (κ1) is 21.3. The van der Waals surface area contributed by atoms with E-state index >= 15 is 0 Å². The quantitative estimate of drug-likeness (QED) is 0.331. The van der Waals surface area contributed by atoms with E-state index in [1.807, 2.05) is 6.07 Å². The first-order valence-corrected chi connectivity index (χ1v) is 9.45. The van der Waals surface area contributed by atoms with Gasteiger partial charge in [-0.3, -0.25) is 0 Å². The second-order valence-corrected chi connectivity index (χ2v) is 7.00. The number of rotatable bonds is 4. The number of hydrogen-bond acceptors (Lipinski definition) is 5. The number of nitrogen functional groups attached to an aromatic ring is 1. The lowest BCUT2D eigenvalue weighted by molar-refractivity contribution is -0.274. The average Bonchev–Trinajstić information content (AvgIpc) is 3.08. The minimum atomic E-state index is -4.83. The number of hydrogen-bond donors (Lipinski definition) is 3. The number of benzene rings is 3. The Morgan fingerprint density at radius 3 is 2.44 bits per heavy atom.